The van der Waals surface area contributed by atoms with E-state index < -0.39 is 12.0 Å². The molecule has 3 aromatic heterocycles. The number of aryl methyl sites for hydroxylation is 2. The second kappa shape index (κ2) is 10.1. The third-order valence-electron chi connectivity index (χ3n) is 6.47. The van der Waals surface area contributed by atoms with Crippen LogP contribution in [0.3, 0.4) is 0 Å². The summed E-state index contributed by atoms with van der Waals surface area (Å²) in [5.41, 5.74) is 5.19. The number of carboxylic acid groups (broad SMARTS) is 1. The van der Waals surface area contributed by atoms with Crippen molar-refractivity contribution in [2.45, 2.75) is 44.6 Å². The van der Waals surface area contributed by atoms with Gasteiger partial charge in [0.15, 0.2) is 0 Å². The minimum atomic E-state index is -0.917. The van der Waals surface area contributed by atoms with Gasteiger partial charge in [-0.05, 0) is 61.1 Å². The quantitative estimate of drug-likeness (QED) is 0.385. The molecule has 180 valence electrons. The Bertz CT molecular complexity index is 1330. The second-order valence-corrected chi connectivity index (χ2v) is 8.74. The summed E-state index contributed by atoms with van der Waals surface area (Å²) in [5, 5.41) is 14.9. The lowest BCUT2D eigenvalue weighted by atomic mass is 9.96. The molecule has 0 spiro atoms. The standard InChI is InChI=1S/C27H28N4O4/c1-34-26-12-10-19(16-28-26)24(15-27(32)33)31-23-7-4-8-25(21(23)17-29-31)35-14-13-20-11-9-18-5-2-3-6-22(18)30-20/h4,7-12,16-17,24H,2-3,5-6,13-15H2,1H3,(H,32,33). The average Bonchev–Trinajstić information content (AvgIpc) is 3.32. The molecule has 0 saturated carbocycles. The van der Waals surface area contributed by atoms with E-state index in [9.17, 15) is 9.90 Å². The van der Waals surface area contributed by atoms with E-state index >= 15 is 0 Å². The van der Waals surface area contributed by atoms with Crippen LogP contribution in [0.15, 0.2) is 54.9 Å². The molecule has 0 saturated heterocycles. The van der Waals surface area contributed by atoms with Gasteiger partial charge in [0, 0.05) is 30.1 Å². The van der Waals surface area contributed by atoms with Crippen molar-refractivity contribution >= 4 is 16.9 Å². The first-order chi connectivity index (χ1) is 17.1. The average molecular weight is 473 g/mol. The number of carbonyl (C=O) groups is 1. The molecule has 1 atom stereocenters. The number of aliphatic carboxylic acids is 1. The van der Waals surface area contributed by atoms with Crippen molar-refractivity contribution in [2.24, 2.45) is 0 Å². The third-order valence-corrected chi connectivity index (χ3v) is 6.47. The Morgan fingerprint density at radius 1 is 1.11 bits per heavy atom. The van der Waals surface area contributed by atoms with E-state index in [0.29, 0.717) is 18.2 Å². The van der Waals surface area contributed by atoms with Crippen LogP contribution in [-0.4, -0.2) is 44.5 Å². The van der Waals surface area contributed by atoms with Crippen LogP contribution in [0.25, 0.3) is 10.9 Å². The molecular formula is C27H28N4O4. The van der Waals surface area contributed by atoms with Gasteiger partial charge in [-0.2, -0.15) is 5.10 Å². The van der Waals surface area contributed by atoms with E-state index in [4.69, 9.17) is 14.5 Å². The number of methoxy groups -OCH3 is 1. The molecule has 1 aliphatic rings. The van der Waals surface area contributed by atoms with Crippen LogP contribution in [-0.2, 0) is 24.1 Å². The summed E-state index contributed by atoms with van der Waals surface area (Å²) in [4.78, 5) is 20.7. The zero-order chi connectivity index (χ0) is 24.2. The number of ether oxygens (including phenoxy) is 2. The largest absolute Gasteiger partial charge is 0.492 e. The van der Waals surface area contributed by atoms with Crippen LogP contribution in [0.2, 0.25) is 0 Å². The molecule has 3 heterocycles. The highest BCUT2D eigenvalue weighted by Crippen LogP contribution is 2.31. The fourth-order valence-electron chi connectivity index (χ4n) is 4.67. The molecule has 1 aliphatic carbocycles. The summed E-state index contributed by atoms with van der Waals surface area (Å²) >= 11 is 0. The molecule has 8 nitrogen and oxygen atoms in total. The van der Waals surface area contributed by atoms with Crippen LogP contribution < -0.4 is 9.47 Å². The van der Waals surface area contributed by atoms with Crippen LogP contribution in [0.4, 0.5) is 0 Å². The molecule has 0 aliphatic heterocycles. The topological polar surface area (TPSA) is 99.4 Å². The SMILES string of the molecule is COc1ccc(C(CC(=O)O)n2ncc3c(OCCc4ccc5c(n4)CCCC5)cccc32)cn1. The van der Waals surface area contributed by atoms with Crippen LogP contribution in [0, 0.1) is 0 Å². The van der Waals surface area contributed by atoms with Crippen molar-refractivity contribution in [2.75, 3.05) is 13.7 Å². The van der Waals surface area contributed by atoms with Crippen molar-refractivity contribution < 1.29 is 19.4 Å². The molecule has 1 N–H and O–H groups in total. The van der Waals surface area contributed by atoms with E-state index in [1.54, 1.807) is 30.3 Å². The summed E-state index contributed by atoms with van der Waals surface area (Å²) in [5.74, 6) is 0.269. The van der Waals surface area contributed by atoms with E-state index in [2.05, 4.69) is 22.2 Å². The molecule has 1 aromatic carbocycles. The minimum absolute atomic E-state index is 0.125. The lowest BCUT2D eigenvalue weighted by molar-refractivity contribution is -0.137. The van der Waals surface area contributed by atoms with E-state index in [1.807, 2.05) is 24.3 Å². The summed E-state index contributed by atoms with van der Waals surface area (Å²) in [6.45, 7) is 0.497. The van der Waals surface area contributed by atoms with Crippen molar-refractivity contribution in [3.8, 4) is 11.6 Å². The Balaban J connectivity index is 1.36. The molecule has 0 fully saturated rings. The predicted molar refractivity (Wildman–Crippen MR) is 131 cm³/mol. The monoisotopic (exact) mass is 472 g/mol. The predicted octanol–water partition coefficient (Wildman–Crippen LogP) is 4.40. The lowest BCUT2D eigenvalue weighted by Gasteiger charge is -2.17. The van der Waals surface area contributed by atoms with E-state index in [0.717, 1.165) is 41.4 Å². The number of pyridine rings is 2. The molecule has 8 heteroatoms. The Labute approximate surface area is 203 Å². The molecule has 0 bridgehead atoms. The van der Waals surface area contributed by atoms with Gasteiger partial charge in [0.1, 0.15) is 5.75 Å². The van der Waals surface area contributed by atoms with Crippen LogP contribution in [0.1, 0.15) is 47.8 Å². The zero-order valence-corrected chi connectivity index (χ0v) is 19.7. The van der Waals surface area contributed by atoms with Crippen molar-refractivity contribution in [1.82, 2.24) is 19.7 Å². The van der Waals surface area contributed by atoms with Gasteiger partial charge in [0.05, 0.1) is 43.3 Å². The number of rotatable bonds is 9. The van der Waals surface area contributed by atoms with Gasteiger partial charge < -0.3 is 14.6 Å². The summed E-state index contributed by atoms with van der Waals surface area (Å²) < 4.78 is 13.0. The smallest absolute Gasteiger partial charge is 0.305 e. The van der Waals surface area contributed by atoms with Crippen LogP contribution in [0.5, 0.6) is 11.6 Å². The number of hydrogen-bond acceptors (Lipinski definition) is 6. The molecular weight excluding hydrogens is 444 g/mol. The van der Waals surface area contributed by atoms with Gasteiger partial charge in [0.25, 0.3) is 0 Å². The first-order valence-corrected chi connectivity index (χ1v) is 11.9. The minimum Gasteiger partial charge on any atom is -0.492 e. The van der Waals surface area contributed by atoms with Crippen molar-refractivity contribution in [3.05, 3.63) is 77.4 Å². The molecule has 1 unspecified atom stereocenters. The Hall–Kier alpha value is -3.94. The number of benzene rings is 1. The van der Waals surface area contributed by atoms with Gasteiger partial charge in [-0.3, -0.25) is 14.5 Å². The normalized spacial score (nSPS) is 13.9. The number of carboxylic acids is 1. The van der Waals surface area contributed by atoms with Crippen LogP contribution >= 0.6 is 0 Å². The number of aromatic nitrogens is 4. The fourth-order valence-corrected chi connectivity index (χ4v) is 4.67. The van der Waals surface area contributed by atoms with E-state index in [1.165, 1.54) is 24.1 Å². The molecule has 35 heavy (non-hydrogen) atoms. The summed E-state index contributed by atoms with van der Waals surface area (Å²) in [7, 11) is 1.54. The number of hydrogen-bond donors (Lipinski definition) is 1. The maximum absolute atomic E-state index is 11.7. The maximum Gasteiger partial charge on any atom is 0.305 e. The highest BCUT2D eigenvalue weighted by atomic mass is 16.5. The van der Waals surface area contributed by atoms with Gasteiger partial charge in [-0.25, -0.2) is 4.98 Å². The van der Waals surface area contributed by atoms with E-state index in [-0.39, 0.29) is 6.42 Å². The Kier molecular flexibility index (Phi) is 6.61. The van der Waals surface area contributed by atoms with Crippen molar-refractivity contribution in [1.29, 1.82) is 0 Å². The molecule has 4 aromatic rings. The summed E-state index contributed by atoms with van der Waals surface area (Å²) in [6, 6.07) is 13.1. The first kappa shape index (κ1) is 22.8. The molecule has 0 amide bonds. The highest BCUT2D eigenvalue weighted by molar-refractivity contribution is 5.85. The lowest BCUT2D eigenvalue weighted by Crippen LogP contribution is -2.16. The second-order valence-electron chi connectivity index (χ2n) is 8.74. The maximum atomic E-state index is 11.7. The van der Waals surface area contributed by atoms with Gasteiger partial charge in [-0.1, -0.05) is 12.1 Å². The summed E-state index contributed by atoms with van der Waals surface area (Å²) in [6.07, 6.45) is 8.60. The first-order valence-electron chi connectivity index (χ1n) is 11.9. The fraction of sp³-hybridized carbons (Fsp3) is 0.333. The molecule has 0 radical (unpaired) electrons. The Morgan fingerprint density at radius 2 is 2.00 bits per heavy atom. The highest BCUT2D eigenvalue weighted by Gasteiger charge is 2.22. The van der Waals surface area contributed by atoms with Gasteiger partial charge in [0.2, 0.25) is 5.88 Å². The Morgan fingerprint density at radius 3 is 2.80 bits per heavy atom. The number of nitrogens with zero attached hydrogens (tertiary/aromatic N) is 4. The van der Waals surface area contributed by atoms with Gasteiger partial charge in [-0.15, -0.1) is 0 Å². The van der Waals surface area contributed by atoms with Gasteiger partial charge >= 0.3 is 5.97 Å². The third kappa shape index (κ3) is 4.96. The number of fused-ring (bicyclic) bond motifs is 2. The zero-order valence-electron chi connectivity index (χ0n) is 19.7. The van der Waals surface area contributed by atoms with Crippen molar-refractivity contribution in [3.63, 3.8) is 0 Å². The molecule has 5 rings (SSSR count).